The van der Waals surface area contributed by atoms with Crippen LogP contribution in [-0.4, -0.2) is 13.2 Å². The third-order valence-corrected chi connectivity index (χ3v) is 6.09. The lowest BCUT2D eigenvalue weighted by Gasteiger charge is -2.15. The standard InChI is InChI=1S/C18H12O2S2/c1-2-4-12-8-14-13(7-11(12)3-1)9-21-17(14)18-16-15(10-22-18)19-5-6-20-16/h1-4,7-10H,5-6H2. The number of benzene rings is 2. The first-order valence-corrected chi connectivity index (χ1v) is 8.93. The third kappa shape index (κ3) is 1.77. The highest BCUT2D eigenvalue weighted by molar-refractivity contribution is 7.22. The van der Waals surface area contributed by atoms with Crippen molar-refractivity contribution in [2.75, 3.05) is 13.2 Å². The Bertz CT molecular complexity index is 997. The van der Waals surface area contributed by atoms with Crippen LogP contribution in [0, 0.1) is 0 Å². The molecule has 0 saturated carbocycles. The average molecular weight is 324 g/mol. The number of hydrogen-bond acceptors (Lipinski definition) is 4. The maximum absolute atomic E-state index is 5.85. The first kappa shape index (κ1) is 12.5. The number of thiophene rings is 2. The summed E-state index contributed by atoms with van der Waals surface area (Å²) < 4.78 is 11.5. The van der Waals surface area contributed by atoms with E-state index in [1.807, 2.05) is 0 Å². The van der Waals surface area contributed by atoms with Crippen molar-refractivity contribution >= 4 is 44.2 Å². The molecule has 3 heterocycles. The number of fused-ring (bicyclic) bond motifs is 3. The Labute approximate surface area is 135 Å². The van der Waals surface area contributed by atoms with Gasteiger partial charge in [0.25, 0.3) is 0 Å². The molecule has 0 atom stereocenters. The van der Waals surface area contributed by atoms with Gasteiger partial charge in [0.1, 0.15) is 13.2 Å². The molecule has 0 aliphatic carbocycles. The van der Waals surface area contributed by atoms with Gasteiger partial charge in [-0.3, -0.25) is 0 Å². The summed E-state index contributed by atoms with van der Waals surface area (Å²) in [7, 11) is 0. The summed E-state index contributed by atoms with van der Waals surface area (Å²) in [6.45, 7) is 1.27. The van der Waals surface area contributed by atoms with E-state index in [4.69, 9.17) is 9.47 Å². The molecule has 4 heteroatoms. The molecule has 4 aromatic rings. The first-order valence-electron chi connectivity index (χ1n) is 7.17. The van der Waals surface area contributed by atoms with Crippen LogP contribution in [0.15, 0.2) is 47.2 Å². The molecule has 0 unspecified atom stereocenters. The number of hydrogen-bond donors (Lipinski definition) is 0. The van der Waals surface area contributed by atoms with Crippen LogP contribution in [0.25, 0.3) is 31.3 Å². The summed E-state index contributed by atoms with van der Waals surface area (Å²) in [6, 6.07) is 13.1. The Morgan fingerprint density at radius 1 is 0.773 bits per heavy atom. The van der Waals surface area contributed by atoms with Crippen molar-refractivity contribution in [3.63, 3.8) is 0 Å². The zero-order valence-electron chi connectivity index (χ0n) is 11.7. The maximum atomic E-state index is 5.85. The van der Waals surface area contributed by atoms with Crippen LogP contribution in [0.5, 0.6) is 11.5 Å². The molecule has 0 N–H and O–H groups in total. The van der Waals surface area contributed by atoms with E-state index in [0.717, 1.165) is 11.5 Å². The Hall–Kier alpha value is -2.04. The van der Waals surface area contributed by atoms with Gasteiger partial charge in [-0.2, -0.15) is 0 Å². The second-order valence-electron chi connectivity index (χ2n) is 5.31. The number of rotatable bonds is 1. The highest BCUT2D eigenvalue weighted by atomic mass is 32.1. The molecular formula is C18H12O2S2. The number of ether oxygens (including phenoxy) is 2. The van der Waals surface area contributed by atoms with Crippen LogP contribution in [0.3, 0.4) is 0 Å². The van der Waals surface area contributed by atoms with Gasteiger partial charge in [-0.15, -0.1) is 22.7 Å². The second kappa shape index (κ2) is 4.73. The van der Waals surface area contributed by atoms with Crippen molar-refractivity contribution in [1.29, 1.82) is 0 Å². The Morgan fingerprint density at radius 3 is 2.45 bits per heavy atom. The minimum absolute atomic E-state index is 0.628. The summed E-state index contributed by atoms with van der Waals surface area (Å²) in [5.41, 5.74) is 0. The zero-order valence-corrected chi connectivity index (χ0v) is 13.3. The SMILES string of the molecule is c1ccc2cc3c(-c4scc5c4OCCO5)scc3cc2c1. The van der Waals surface area contributed by atoms with Crippen LogP contribution in [0.4, 0.5) is 0 Å². The van der Waals surface area contributed by atoms with Gasteiger partial charge in [0.05, 0.1) is 9.75 Å². The van der Waals surface area contributed by atoms with E-state index in [9.17, 15) is 0 Å². The smallest absolute Gasteiger partial charge is 0.180 e. The van der Waals surface area contributed by atoms with Crippen molar-refractivity contribution in [1.82, 2.24) is 0 Å². The highest BCUT2D eigenvalue weighted by Gasteiger charge is 2.22. The predicted octanol–water partition coefficient (Wildman–Crippen LogP) is 5.55. The molecule has 5 rings (SSSR count). The van der Waals surface area contributed by atoms with Crippen molar-refractivity contribution in [3.8, 4) is 21.3 Å². The Balaban J connectivity index is 1.78. The zero-order chi connectivity index (χ0) is 14.5. The Morgan fingerprint density at radius 2 is 1.55 bits per heavy atom. The van der Waals surface area contributed by atoms with E-state index in [1.54, 1.807) is 22.7 Å². The molecule has 0 fully saturated rings. The largest absolute Gasteiger partial charge is 0.485 e. The van der Waals surface area contributed by atoms with Gasteiger partial charge < -0.3 is 9.47 Å². The van der Waals surface area contributed by atoms with Crippen LogP contribution < -0.4 is 9.47 Å². The van der Waals surface area contributed by atoms with Gasteiger partial charge >= 0.3 is 0 Å². The quantitative estimate of drug-likeness (QED) is 0.457. The summed E-state index contributed by atoms with van der Waals surface area (Å²) in [6.07, 6.45) is 0. The molecule has 2 aromatic heterocycles. The molecular weight excluding hydrogens is 312 g/mol. The monoisotopic (exact) mass is 324 g/mol. The van der Waals surface area contributed by atoms with E-state index >= 15 is 0 Å². The van der Waals surface area contributed by atoms with Crippen LogP contribution >= 0.6 is 22.7 Å². The molecule has 0 amide bonds. The van der Waals surface area contributed by atoms with E-state index in [-0.39, 0.29) is 0 Å². The molecule has 0 spiro atoms. The lowest BCUT2D eigenvalue weighted by molar-refractivity contribution is 0.174. The summed E-state index contributed by atoms with van der Waals surface area (Å²) >= 11 is 3.48. The Kier molecular flexibility index (Phi) is 2.69. The molecule has 0 radical (unpaired) electrons. The minimum Gasteiger partial charge on any atom is -0.485 e. The molecule has 0 saturated heterocycles. The van der Waals surface area contributed by atoms with E-state index in [1.165, 1.54) is 31.3 Å². The summed E-state index contributed by atoms with van der Waals surface area (Å²) in [5, 5.41) is 9.42. The molecule has 22 heavy (non-hydrogen) atoms. The van der Waals surface area contributed by atoms with Crippen molar-refractivity contribution < 1.29 is 9.47 Å². The summed E-state index contributed by atoms with van der Waals surface area (Å²) in [4.78, 5) is 2.46. The highest BCUT2D eigenvalue weighted by Crippen LogP contribution is 2.49. The molecule has 1 aliphatic heterocycles. The lowest BCUT2D eigenvalue weighted by Crippen LogP contribution is -2.14. The fourth-order valence-electron chi connectivity index (χ4n) is 2.93. The van der Waals surface area contributed by atoms with Crippen LogP contribution in [-0.2, 0) is 0 Å². The minimum atomic E-state index is 0.628. The van der Waals surface area contributed by atoms with Gasteiger partial charge in [0.2, 0.25) is 0 Å². The average Bonchev–Trinajstić information content (AvgIpc) is 3.16. The fourth-order valence-corrected chi connectivity index (χ4v) is 5.05. The van der Waals surface area contributed by atoms with Crippen LogP contribution in [0.2, 0.25) is 0 Å². The van der Waals surface area contributed by atoms with Crippen LogP contribution in [0.1, 0.15) is 0 Å². The maximum Gasteiger partial charge on any atom is 0.180 e. The fraction of sp³-hybridized carbons (Fsp3) is 0.111. The normalized spacial score (nSPS) is 13.8. The lowest BCUT2D eigenvalue weighted by atomic mass is 10.1. The first-order chi connectivity index (χ1) is 10.9. The van der Waals surface area contributed by atoms with E-state index in [0.29, 0.717) is 13.2 Å². The third-order valence-electron chi connectivity index (χ3n) is 3.97. The molecule has 108 valence electrons. The molecule has 1 aliphatic rings. The van der Waals surface area contributed by atoms with Crippen molar-refractivity contribution in [2.45, 2.75) is 0 Å². The second-order valence-corrected chi connectivity index (χ2v) is 7.07. The van der Waals surface area contributed by atoms with Gasteiger partial charge in [-0.1, -0.05) is 24.3 Å². The van der Waals surface area contributed by atoms with Crippen molar-refractivity contribution in [3.05, 3.63) is 47.2 Å². The van der Waals surface area contributed by atoms with Crippen molar-refractivity contribution in [2.24, 2.45) is 0 Å². The van der Waals surface area contributed by atoms with E-state index in [2.05, 4.69) is 47.2 Å². The van der Waals surface area contributed by atoms with Gasteiger partial charge in [-0.05, 0) is 33.7 Å². The van der Waals surface area contributed by atoms with Gasteiger partial charge in [0.15, 0.2) is 11.5 Å². The molecule has 2 nitrogen and oxygen atoms in total. The predicted molar refractivity (Wildman–Crippen MR) is 93.6 cm³/mol. The molecule has 0 bridgehead atoms. The van der Waals surface area contributed by atoms with Gasteiger partial charge in [0, 0.05) is 10.8 Å². The van der Waals surface area contributed by atoms with Gasteiger partial charge in [-0.25, -0.2) is 0 Å². The topological polar surface area (TPSA) is 18.5 Å². The summed E-state index contributed by atoms with van der Waals surface area (Å²) in [5.74, 6) is 1.79. The van der Waals surface area contributed by atoms with E-state index < -0.39 is 0 Å². The molecule has 2 aromatic carbocycles.